The molecular formula is C19H21BrFNO5S. The third kappa shape index (κ3) is 4.94. The summed E-state index contributed by atoms with van der Waals surface area (Å²) in [6.07, 6.45) is -0.268. The van der Waals surface area contributed by atoms with E-state index in [1.54, 1.807) is 25.1 Å². The van der Waals surface area contributed by atoms with Gasteiger partial charge in [-0.05, 0) is 53.0 Å². The highest BCUT2D eigenvalue weighted by Crippen LogP contribution is 2.25. The Morgan fingerprint density at radius 3 is 2.68 bits per heavy atom. The predicted molar refractivity (Wildman–Crippen MR) is 105 cm³/mol. The van der Waals surface area contributed by atoms with Crippen molar-refractivity contribution in [1.82, 2.24) is 4.90 Å². The van der Waals surface area contributed by atoms with Gasteiger partial charge in [-0.15, -0.1) is 0 Å². The van der Waals surface area contributed by atoms with Crippen LogP contribution in [0, 0.1) is 5.82 Å². The van der Waals surface area contributed by atoms with Crippen LogP contribution in [0.4, 0.5) is 4.39 Å². The number of nitrogens with zero attached hydrogens (tertiary/aromatic N) is 1. The molecular weight excluding hydrogens is 453 g/mol. The largest absolute Gasteiger partial charge is 0.478 e. The van der Waals surface area contributed by atoms with Crippen LogP contribution < -0.4 is 4.74 Å². The molecule has 0 N–H and O–H groups in total. The van der Waals surface area contributed by atoms with Crippen molar-refractivity contribution < 1.29 is 26.8 Å². The SMILES string of the molecule is CC[C@H](Oc1ccccc1F)C(=O)N(Cc1ccc(Br)o1)[C@H]1CCS(=O)(=O)C1. The number of carbonyl (C=O) groups is 1. The molecule has 1 fully saturated rings. The number of sulfone groups is 1. The van der Waals surface area contributed by atoms with E-state index in [1.807, 2.05) is 0 Å². The standard InChI is InChI=1S/C19H21BrFNO5S/c1-2-16(27-17-6-4-3-5-15(17)21)19(23)22(11-14-7-8-18(20)26-14)13-9-10-28(24,25)12-13/h3-8,13,16H,2,9-12H2,1H3/t13-,16-/m0/s1. The highest BCUT2D eigenvalue weighted by atomic mass is 79.9. The molecule has 28 heavy (non-hydrogen) atoms. The second kappa shape index (κ2) is 8.65. The van der Waals surface area contributed by atoms with Crippen molar-refractivity contribution in [2.45, 2.75) is 38.5 Å². The minimum Gasteiger partial charge on any atom is -0.478 e. The third-order valence-electron chi connectivity index (χ3n) is 4.64. The van der Waals surface area contributed by atoms with Crippen molar-refractivity contribution in [3.63, 3.8) is 0 Å². The Morgan fingerprint density at radius 2 is 2.11 bits per heavy atom. The molecule has 2 heterocycles. The summed E-state index contributed by atoms with van der Waals surface area (Å²) in [6.45, 7) is 1.87. The van der Waals surface area contributed by atoms with E-state index in [2.05, 4.69) is 15.9 Å². The van der Waals surface area contributed by atoms with Crippen molar-refractivity contribution in [2.24, 2.45) is 0 Å². The van der Waals surface area contributed by atoms with Gasteiger partial charge in [-0.3, -0.25) is 4.79 Å². The van der Waals surface area contributed by atoms with Crippen LogP contribution >= 0.6 is 15.9 Å². The van der Waals surface area contributed by atoms with Gasteiger partial charge in [0.05, 0.1) is 18.1 Å². The fourth-order valence-electron chi connectivity index (χ4n) is 3.20. The Bertz CT molecular complexity index is 945. The summed E-state index contributed by atoms with van der Waals surface area (Å²) in [5.41, 5.74) is 0. The molecule has 0 aliphatic carbocycles. The minimum absolute atomic E-state index is 0.0116. The number of hydrogen-bond acceptors (Lipinski definition) is 5. The summed E-state index contributed by atoms with van der Waals surface area (Å²) in [5.74, 6) is -0.503. The number of benzene rings is 1. The first-order chi connectivity index (χ1) is 13.3. The van der Waals surface area contributed by atoms with Crippen LogP contribution in [0.1, 0.15) is 25.5 Å². The fourth-order valence-corrected chi connectivity index (χ4v) is 5.27. The van der Waals surface area contributed by atoms with Gasteiger partial charge in [0.1, 0.15) is 5.76 Å². The minimum atomic E-state index is -3.19. The lowest BCUT2D eigenvalue weighted by atomic mass is 10.1. The van der Waals surface area contributed by atoms with E-state index in [0.29, 0.717) is 23.3 Å². The Morgan fingerprint density at radius 1 is 1.36 bits per heavy atom. The van der Waals surface area contributed by atoms with Gasteiger partial charge in [-0.2, -0.15) is 0 Å². The average Bonchev–Trinajstić information content (AvgIpc) is 3.23. The Balaban J connectivity index is 1.84. The van der Waals surface area contributed by atoms with Gasteiger partial charge in [-0.1, -0.05) is 19.1 Å². The van der Waals surface area contributed by atoms with E-state index < -0.39 is 27.8 Å². The molecule has 0 spiro atoms. The van der Waals surface area contributed by atoms with Gasteiger partial charge in [-0.25, -0.2) is 12.8 Å². The monoisotopic (exact) mass is 473 g/mol. The van der Waals surface area contributed by atoms with Gasteiger partial charge in [0.25, 0.3) is 5.91 Å². The predicted octanol–water partition coefficient (Wildman–Crippen LogP) is 3.55. The number of para-hydroxylation sites is 1. The molecule has 6 nitrogen and oxygen atoms in total. The molecule has 1 aliphatic heterocycles. The van der Waals surface area contributed by atoms with Gasteiger partial charge in [0.15, 0.2) is 32.2 Å². The van der Waals surface area contributed by atoms with E-state index in [0.717, 1.165) is 0 Å². The zero-order valence-corrected chi connectivity index (χ0v) is 17.7. The molecule has 0 saturated carbocycles. The molecule has 1 amide bonds. The molecule has 0 bridgehead atoms. The zero-order valence-electron chi connectivity index (χ0n) is 15.3. The molecule has 1 aromatic heterocycles. The van der Waals surface area contributed by atoms with Crippen molar-refractivity contribution in [1.29, 1.82) is 0 Å². The molecule has 1 aliphatic rings. The summed E-state index contributed by atoms with van der Waals surface area (Å²) >= 11 is 3.22. The van der Waals surface area contributed by atoms with Crippen molar-refractivity contribution >= 4 is 31.7 Å². The first-order valence-corrected chi connectivity index (χ1v) is 11.6. The summed E-state index contributed by atoms with van der Waals surface area (Å²) < 4.78 is 49.5. The van der Waals surface area contributed by atoms with Crippen molar-refractivity contribution in [2.75, 3.05) is 11.5 Å². The van der Waals surface area contributed by atoms with E-state index in [1.165, 1.54) is 23.1 Å². The number of furan rings is 1. The van der Waals surface area contributed by atoms with E-state index in [-0.39, 0.29) is 29.7 Å². The lowest BCUT2D eigenvalue weighted by Crippen LogP contribution is -2.47. The molecule has 1 saturated heterocycles. The molecule has 3 rings (SSSR count). The average molecular weight is 474 g/mol. The number of carbonyl (C=O) groups excluding carboxylic acids is 1. The van der Waals surface area contributed by atoms with E-state index in [9.17, 15) is 17.6 Å². The van der Waals surface area contributed by atoms with Gasteiger partial charge in [0, 0.05) is 6.04 Å². The zero-order chi connectivity index (χ0) is 20.3. The number of hydrogen-bond donors (Lipinski definition) is 0. The first-order valence-electron chi connectivity index (χ1n) is 8.95. The van der Waals surface area contributed by atoms with Gasteiger partial charge in [0.2, 0.25) is 0 Å². The molecule has 0 radical (unpaired) electrons. The lowest BCUT2D eigenvalue weighted by molar-refractivity contribution is -0.142. The third-order valence-corrected chi connectivity index (χ3v) is 6.82. The maximum Gasteiger partial charge on any atom is 0.264 e. The normalized spacial score (nSPS) is 19.3. The highest BCUT2D eigenvalue weighted by molar-refractivity contribution is 9.10. The smallest absolute Gasteiger partial charge is 0.264 e. The molecule has 0 unspecified atom stereocenters. The number of halogens is 2. The molecule has 152 valence electrons. The van der Waals surface area contributed by atoms with Gasteiger partial charge >= 0.3 is 0 Å². The molecule has 2 aromatic rings. The fraction of sp³-hybridized carbons (Fsp3) is 0.421. The van der Waals surface area contributed by atoms with Crippen LogP contribution in [0.3, 0.4) is 0 Å². The molecule has 2 atom stereocenters. The first kappa shape index (κ1) is 20.9. The Kier molecular flexibility index (Phi) is 6.44. The van der Waals surface area contributed by atoms with Gasteiger partial charge < -0.3 is 14.1 Å². The summed E-state index contributed by atoms with van der Waals surface area (Å²) in [6, 6.07) is 8.82. The van der Waals surface area contributed by atoms with Crippen LogP contribution in [0.2, 0.25) is 0 Å². The topological polar surface area (TPSA) is 76.8 Å². The second-order valence-corrected chi connectivity index (χ2v) is 9.68. The van der Waals surface area contributed by atoms with E-state index >= 15 is 0 Å². The number of rotatable bonds is 7. The van der Waals surface area contributed by atoms with Crippen LogP contribution in [0.25, 0.3) is 0 Å². The second-order valence-electron chi connectivity index (χ2n) is 6.67. The van der Waals surface area contributed by atoms with Crippen LogP contribution in [-0.4, -0.2) is 42.9 Å². The summed E-state index contributed by atoms with van der Waals surface area (Å²) in [7, 11) is -3.19. The van der Waals surface area contributed by atoms with Crippen LogP contribution in [0.15, 0.2) is 45.5 Å². The summed E-state index contributed by atoms with van der Waals surface area (Å²) in [4.78, 5) is 14.7. The summed E-state index contributed by atoms with van der Waals surface area (Å²) in [5, 5.41) is 0. The Labute approximate surface area is 171 Å². The maximum absolute atomic E-state index is 14.0. The molecule has 9 heteroatoms. The van der Waals surface area contributed by atoms with Crippen LogP contribution in [0.5, 0.6) is 5.75 Å². The Hall–Kier alpha value is -1.87. The lowest BCUT2D eigenvalue weighted by Gasteiger charge is -2.31. The number of ether oxygens (including phenoxy) is 1. The van der Waals surface area contributed by atoms with Crippen molar-refractivity contribution in [3.05, 3.63) is 52.6 Å². The molecule has 1 aromatic carbocycles. The highest BCUT2D eigenvalue weighted by Gasteiger charge is 2.38. The quantitative estimate of drug-likeness (QED) is 0.614. The maximum atomic E-state index is 14.0. The number of amides is 1. The van der Waals surface area contributed by atoms with Crippen LogP contribution in [-0.2, 0) is 21.2 Å². The van der Waals surface area contributed by atoms with Crippen molar-refractivity contribution in [3.8, 4) is 5.75 Å². The van der Waals surface area contributed by atoms with E-state index in [4.69, 9.17) is 9.15 Å².